The van der Waals surface area contributed by atoms with Gasteiger partial charge in [-0.1, -0.05) is 6.92 Å². The normalized spacial score (nSPS) is 33.8. The van der Waals surface area contributed by atoms with E-state index in [0.717, 1.165) is 18.5 Å². The number of nitrogens with zero attached hydrogens (tertiary/aromatic N) is 1. The summed E-state index contributed by atoms with van der Waals surface area (Å²) in [6, 6.07) is 2.17. The van der Waals surface area contributed by atoms with Gasteiger partial charge in [-0.15, -0.1) is 0 Å². The first-order valence-electron chi connectivity index (χ1n) is 6.87. The summed E-state index contributed by atoms with van der Waals surface area (Å²) in [5.74, 6) is 0.795. The van der Waals surface area contributed by atoms with Crippen LogP contribution in [0.15, 0.2) is 0 Å². The van der Waals surface area contributed by atoms with E-state index < -0.39 is 0 Å². The average molecular weight is 225 g/mol. The van der Waals surface area contributed by atoms with E-state index in [1.165, 1.54) is 32.5 Å². The summed E-state index contributed by atoms with van der Waals surface area (Å²) in [5, 5.41) is 7.30. The number of likely N-dealkylation sites (tertiary alicyclic amines) is 1. The summed E-state index contributed by atoms with van der Waals surface area (Å²) in [6.07, 6.45) is 2.64. The number of hydrogen-bond donors (Lipinski definition) is 2. The van der Waals surface area contributed by atoms with Gasteiger partial charge in [0.25, 0.3) is 0 Å². The van der Waals surface area contributed by atoms with Gasteiger partial charge in [-0.2, -0.15) is 0 Å². The van der Waals surface area contributed by atoms with Gasteiger partial charge in [0.15, 0.2) is 0 Å². The van der Waals surface area contributed by atoms with Crippen LogP contribution in [0.5, 0.6) is 0 Å². The van der Waals surface area contributed by atoms with Crippen LogP contribution in [0.3, 0.4) is 0 Å². The van der Waals surface area contributed by atoms with Crippen molar-refractivity contribution in [1.82, 2.24) is 15.5 Å². The Morgan fingerprint density at radius 3 is 2.38 bits per heavy atom. The van der Waals surface area contributed by atoms with Crippen molar-refractivity contribution in [1.29, 1.82) is 0 Å². The Kier molecular flexibility index (Phi) is 4.22. The van der Waals surface area contributed by atoms with Crippen molar-refractivity contribution in [3.63, 3.8) is 0 Å². The Morgan fingerprint density at radius 1 is 1.19 bits per heavy atom. The molecule has 0 amide bonds. The molecule has 2 heterocycles. The molecule has 2 saturated heterocycles. The van der Waals surface area contributed by atoms with Gasteiger partial charge >= 0.3 is 0 Å². The molecular formula is C13H27N3. The molecule has 0 aromatic heterocycles. The fourth-order valence-electron chi connectivity index (χ4n) is 2.92. The fraction of sp³-hybridized carbons (Fsp3) is 1.00. The quantitative estimate of drug-likeness (QED) is 0.752. The molecule has 2 aliphatic heterocycles. The van der Waals surface area contributed by atoms with Crippen LogP contribution in [0, 0.1) is 5.92 Å². The Labute approximate surface area is 100.0 Å². The van der Waals surface area contributed by atoms with E-state index in [2.05, 4.69) is 36.3 Å². The molecule has 0 spiro atoms. The molecule has 0 bridgehead atoms. The Morgan fingerprint density at radius 2 is 1.88 bits per heavy atom. The molecule has 94 valence electrons. The van der Waals surface area contributed by atoms with Crippen molar-refractivity contribution in [2.24, 2.45) is 5.92 Å². The second-order valence-corrected chi connectivity index (χ2v) is 5.81. The molecular weight excluding hydrogens is 198 g/mol. The summed E-state index contributed by atoms with van der Waals surface area (Å²) < 4.78 is 0. The minimum absolute atomic E-state index is 0.704. The van der Waals surface area contributed by atoms with Crippen LogP contribution in [0.1, 0.15) is 33.6 Å². The van der Waals surface area contributed by atoms with Crippen LogP contribution in [0.4, 0.5) is 0 Å². The zero-order chi connectivity index (χ0) is 11.5. The number of hydrogen-bond acceptors (Lipinski definition) is 3. The average Bonchev–Trinajstić information content (AvgIpc) is 2.65. The molecule has 0 saturated carbocycles. The van der Waals surface area contributed by atoms with Crippen LogP contribution in [-0.4, -0.2) is 49.2 Å². The van der Waals surface area contributed by atoms with Gasteiger partial charge in [-0.25, -0.2) is 0 Å². The molecule has 3 heteroatoms. The maximum Gasteiger partial charge on any atom is 0.0232 e. The topological polar surface area (TPSA) is 27.3 Å². The molecule has 0 aromatic rings. The van der Waals surface area contributed by atoms with Gasteiger partial charge in [-0.05, 0) is 52.2 Å². The van der Waals surface area contributed by atoms with E-state index in [4.69, 9.17) is 0 Å². The van der Waals surface area contributed by atoms with Crippen LogP contribution < -0.4 is 10.6 Å². The molecule has 0 radical (unpaired) electrons. The zero-order valence-corrected chi connectivity index (χ0v) is 11.0. The third kappa shape index (κ3) is 2.96. The molecule has 2 fully saturated rings. The van der Waals surface area contributed by atoms with Gasteiger partial charge in [0.05, 0.1) is 0 Å². The van der Waals surface area contributed by atoms with Crippen molar-refractivity contribution in [2.45, 2.75) is 51.7 Å². The van der Waals surface area contributed by atoms with Crippen molar-refractivity contribution < 1.29 is 0 Å². The van der Waals surface area contributed by atoms with E-state index in [-0.39, 0.29) is 0 Å². The first-order chi connectivity index (χ1) is 7.66. The lowest BCUT2D eigenvalue weighted by Crippen LogP contribution is -2.49. The van der Waals surface area contributed by atoms with Crippen LogP contribution in [-0.2, 0) is 0 Å². The molecule has 0 aromatic carbocycles. The third-order valence-electron chi connectivity index (χ3n) is 4.23. The van der Waals surface area contributed by atoms with Gasteiger partial charge in [0.1, 0.15) is 0 Å². The van der Waals surface area contributed by atoms with Crippen LogP contribution in [0.2, 0.25) is 0 Å². The maximum atomic E-state index is 3.84. The van der Waals surface area contributed by atoms with E-state index >= 15 is 0 Å². The largest absolute Gasteiger partial charge is 0.315 e. The summed E-state index contributed by atoms with van der Waals surface area (Å²) in [6.45, 7) is 11.8. The van der Waals surface area contributed by atoms with Crippen molar-refractivity contribution in [3.8, 4) is 0 Å². The molecule has 2 rings (SSSR count). The summed E-state index contributed by atoms with van der Waals surface area (Å²) >= 11 is 0. The number of rotatable bonds is 3. The molecule has 2 unspecified atom stereocenters. The highest BCUT2D eigenvalue weighted by molar-refractivity contribution is 4.88. The lowest BCUT2D eigenvalue weighted by Gasteiger charge is -2.36. The Hall–Kier alpha value is -0.120. The SMILES string of the molecule is CC1CNCC1NC1CCN(C(C)C)CC1. The highest BCUT2D eigenvalue weighted by atomic mass is 15.2. The lowest BCUT2D eigenvalue weighted by molar-refractivity contribution is 0.155. The van der Waals surface area contributed by atoms with Gasteiger partial charge in [0, 0.05) is 24.7 Å². The third-order valence-corrected chi connectivity index (χ3v) is 4.23. The van der Waals surface area contributed by atoms with Crippen molar-refractivity contribution in [3.05, 3.63) is 0 Å². The summed E-state index contributed by atoms with van der Waals surface area (Å²) in [7, 11) is 0. The first kappa shape index (κ1) is 12.3. The molecule has 3 nitrogen and oxygen atoms in total. The van der Waals surface area contributed by atoms with E-state index in [0.29, 0.717) is 12.1 Å². The molecule has 2 aliphatic rings. The lowest BCUT2D eigenvalue weighted by atomic mass is 9.99. The summed E-state index contributed by atoms with van der Waals surface area (Å²) in [5.41, 5.74) is 0. The fourth-order valence-corrected chi connectivity index (χ4v) is 2.92. The zero-order valence-electron chi connectivity index (χ0n) is 11.0. The summed E-state index contributed by atoms with van der Waals surface area (Å²) in [4.78, 5) is 2.59. The van der Waals surface area contributed by atoms with E-state index in [9.17, 15) is 0 Å². The predicted octanol–water partition coefficient (Wildman–Crippen LogP) is 1.06. The Bertz CT molecular complexity index is 209. The van der Waals surface area contributed by atoms with E-state index in [1.54, 1.807) is 0 Å². The van der Waals surface area contributed by atoms with E-state index in [1.807, 2.05) is 0 Å². The van der Waals surface area contributed by atoms with Crippen LogP contribution in [0.25, 0.3) is 0 Å². The minimum atomic E-state index is 0.704. The van der Waals surface area contributed by atoms with Crippen molar-refractivity contribution in [2.75, 3.05) is 26.2 Å². The standard InChI is InChI=1S/C13H27N3/c1-10(2)16-6-4-12(5-7-16)15-13-9-14-8-11(13)3/h10-15H,4-9H2,1-3H3. The minimum Gasteiger partial charge on any atom is -0.315 e. The molecule has 2 N–H and O–H groups in total. The second kappa shape index (κ2) is 5.48. The smallest absolute Gasteiger partial charge is 0.0232 e. The number of piperidine rings is 1. The van der Waals surface area contributed by atoms with Crippen molar-refractivity contribution >= 4 is 0 Å². The maximum absolute atomic E-state index is 3.84. The Balaban J connectivity index is 1.72. The molecule has 0 aliphatic carbocycles. The van der Waals surface area contributed by atoms with Crippen LogP contribution >= 0.6 is 0 Å². The number of nitrogens with one attached hydrogen (secondary N) is 2. The first-order valence-corrected chi connectivity index (χ1v) is 6.87. The van der Waals surface area contributed by atoms with Gasteiger partial charge < -0.3 is 15.5 Å². The highest BCUT2D eigenvalue weighted by Crippen LogP contribution is 2.16. The predicted molar refractivity (Wildman–Crippen MR) is 68.7 cm³/mol. The molecule has 16 heavy (non-hydrogen) atoms. The monoisotopic (exact) mass is 225 g/mol. The van der Waals surface area contributed by atoms with Gasteiger partial charge in [0.2, 0.25) is 0 Å². The second-order valence-electron chi connectivity index (χ2n) is 5.81. The highest BCUT2D eigenvalue weighted by Gasteiger charge is 2.27. The molecule has 2 atom stereocenters. The van der Waals surface area contributed by atoms with Gasteiger partial charge in [-0.3, -0.25) is 0 Å².